The quantitative estimate of drug-likeness (QED) is 0.122. The topological polar surface area (TPSA) is 6.48 Å². The van der Waals surface area contributed by atoms with Crippen LogP contribution in [0.15, 0.2) is 212 Å². The van der Waals surface area contributed by atoms with E-state index < -0.39 is 0 Å². The summed E-state index contributed by atoms with van der Waals surface area (Å²) in [4.78, 5) is 5.03. The predicted octanol–water partition coefficient (Wildman–Crippen LogP) is 16.3. The molecule has 290 valence electrons. The van der Waals surface area contributed by atoms with Crippen molar-refractivity contribution in [3.8, 4) is 0 Å². The van der Waals surface area contributed by atoms with Gasteiger partial charge in [0.15, 0.2) is 0 Å². The molecule has 2 unspecified atom stereocenters. The number of nitrogens with zero attached hydrogens (tertiary/aromatic N) is 2. The standard InChI is InChI=1S/C59H44N2/c1-59(2)54-34-31-41-19-13-14-26-48(41)56(54)53-37-51-52(38-55(53)59)58(61(45-24-7-4-8-25-45)47-33-30-40-18-10-12-21-43(40)36-47)50-28-16-15-27-49(50)57(51)60(44-22-5-3-6-23-44)46-32-29-39-17-9-11-20-42(39)35-46/h3-38,54,56H,1-2H3. The van der Waals surface area contributed by atoms with Crippen molar-refractivity contribution in [3.05, 3.63) is 235 Å². The maximum atomic E-state index is 2.60. The summed E-state index contributed by atoms with van der Waals surface area (Å²) in [7, 11) is 0. The molecule has 12 rings (SSSR count). The maximum Gasteiger partial charge on any atom is 0.0620 e. The van der Waals surface area contributed by atoms with Crippen LogP contribution in [0.5, 0.6) is 0 Å². The highest BCUT2D eigenvalue weighted by molar-refractivity contribution is 6.24. The normalized spacial score (nSPS) is 16.1. The summed E-state index contributed by atoms with van der Waals surface area (Å²) < 4.78 is 0. The first-order valence-electron chi connectivity index (χ1n) is 21.5. The predicted molar refractivity (Wildman–Crippen MR) is 260 cm³/mol. The van der Waals surface area contributed by atoms with E-state index in [2.05, 4.69) is 242 Å². The number of hydrogen-bond acceptors (Lipinski definition) is 2. The molecule has 0 aliphatic heterocycles. The number of benzene rings is 10. The summed E-state index contributed by atoms with van der Waals surface area (Å²) in [6.45, 7) is 4.93. The van der Waals surface area contributed by atoms with Crippen LogP contribution in [0.3, 0.4) is 0 Å². The fourth-order valence-electron chi connectivity index (χ4n) is 10.7. The SMILES string of the molecule is CC1(C)c2cc3c(N(c4ccccc4)c4ccc5ccccc5c4)c4ccccc4c(N(c4ccccc4)c4ccc5ccccc5c4)c3cc2C2c3ccccc3C=CC21. The molecule has 2 aliphatic rings. The second-order valence-corrected chi connectivity index (χ2v) is 17.3. The van der Waals surface area contributed by atoms with Crippen LogP contribution in [-0.4, -0.2) is 0 Å². The molecule has 0 fully saturated rings. The zero-order valence-corrected chi connectivity index (χ0v) is 34.3. The zero-order valence-electron chi connectivity index (χ0n) is 34.3. The number of fused-ring (bicyclic) bond motifs is 9. The lowest BCUT2D eigenvalue weighted by atomic mass is 9.71. The molecule has 2 aliphatic carbocycles. The minimum Gasteiger partial charge on any atom is -0.309 e. The van der Waals surface area contributed by atoms with E-state index in [1.165, 1.54) is 76.7 Å². The Balaban J connectivity index is 1.25. The van der Waals surface area contributed by atoms with Gasteiger partial charge in [0.25, 0.3) is 0 Å². The molecular weight excluding hydrogens is 737 g/mol. The molecule has 2 atom stereocenters. The number of allylic oxidation sites excluding steroid dienone is 1. The third kappa shape index (κ3) is 5.56. The van der Waals surface area contributed by atoms with Gasteiger partial charge in [-0.15, -0.1) is 0 Å². The molecular formula is C59H44N2. The Labute approximate surface area is 357 Å². The first kappa shape index (κ1) is 35.5. The number of anilines is 6. The molecule has 0 spiro atoms. The van der Waals surface area contributed by atoms with E-state index >= 15 is 0 Å². The summed E-state index contributed by atoms with van der Waals surface area (Å²) in [5.41, 5.74) is 12.3. The molecule has 0 saturated heterocycles. The number of para-hydroxylation sites is 2. The van der Waals surface area contributed by atoms with E-state index in [4.69, 9.17) is 0 Å². The first-order chi connectivity index (χ1) is 30.0. The second-order valence-electron chi connectivity index (χ2n) is 17.3. The number of rotatable bonds is 6. The van der Waals surface area contributed by atoms with Gasteiger partial charge in [-0.3, -0.25) is 0 Å². The lowest BCUT2D eigenvalue weighted by Crippen LogP contribution is -2.26. The smallest absolute Gasteiger partial charge is 0.0620 e. The van der Waals surface area contributed by atoms with Crippen LogP contribution < -0.4 is 9.80 Å². The average Bonchev–Trinajstić information content (AvgIpc) is 3.54. The van der Waals surface area contributed by atoms with Crippen LogP contribution in [0, 0.1) is 5.92 Å². The minimum atomic E-state index is -0.112. The van der Waals surface area contributed by atoms with Crippen molar-refractivity contribution in [1.82, 2.24) is 0 Å². The van der Waals surface area contributed by atoms with Gasteiger partial charge in [0, 0.05) is 50.2 Å². The molecule has 0 aromatic heterocycles. The van der Waals surface area contributed by atoms with E-state index in [-0.39, 0.29) is 11.3 Å². The monoisotopic (exact) mass is 780 g/mol. The summed E-state index contributed by atoms with van der Waals surface area (Å²) in [5, 5.41) is 9.75. The van der Waals surface area contributed by atoms with Crippen LogP contribution in [0.4, 0.5) is 34.1 Å². The van der Waals surface area contributed by atoms with Crippen molar-refractivity contribution in [2.24, 2.45) is 5.92 Å². The highest BCUT2D eigenvalue weighted by Gasteiger charge is 2.47. The van der Waals surface area contributed by atoms with Gasteiger partial charge in [-0.05, 0) is 116 Å². The Morgan fingerprint density at radius 2 is 0.852 bits per heavy atom. The molecule has 10 aromatic rings. The molecule has 2 heteroatoms. The van der Waals surface area contributed by atoms with Crippen molar-refractivity contribution in [3.63, 3.8) is 0 Å². The van der Waals surface area contributed by atoms with Gasteiger partial charge in [-0.2, -0.15) is 0 Å². The van der Waals surface area contributed by atoms with Crippen LogP contribution in [-0.2, 0) is 5.41 Å². The Morgan fingerprint density at radius 1 is 0.377 bits per heavy atom. The molecule has 0 N–H and O–H groups in total. The summed E-state index contributed by atoms with van der Waals surface area (Å²) >= 11 is 0. The van der Waals surface area contributed by atoms with Gasteiger partial charge < -0.3 is 9.80 Å². The molecule has 10 aromatic carbocycles. The van der Waals surface area contributed by atoms with E-state index in [0.29, 0.717) is 5.92 Å². The molecule has 0 heterocycles. The minimum absolute atomic E-state index is 0.112. The largest absolute Gasteiger partial charge is 0.309 e. The summed E-state index contributed by atoms with van der Waals surface area (Å²) in [6, 6.07) is 76.4. The van der Waals surface area contributed by atoms with Crippen LogP contribution in [0.1, 0.15) is 42.0 Å². The van der Waals surface area contributed by atoms with E-state index in [9.17, 15) is 0 Å². The number of hydrogen-bond donors (Lipinski definition) is 0. The Bertz CT molecular complexity index is 3360. The van der Waals surface area contributed by atoms with Crippen LogP contribution >= 0.6 is 0 Å². The molecule has 2 nitrogen and oxygen atoms in total. The Hall–Kier alpha value is -7.42. The first-order valence-corrected chi connectivity index (χ1v) is 21.5. The van der Waals surface area contributed by atoms with Crippen LogP contribution in [0.2, 0.25) is 0 Å². The Kier molecular flexibility index (Phi) is 8.05. The van der Waals surface area contributed by atoms with Crippen molar-refractivity contribution in [2.75, 3.05) is 9.80 Å². The molecule has 0 saturated carbocycles. The van der Waals surface area contributed by atoms with Gasteiger partial charge in [0.1, 0.15) is 0 Å². The van der Waals surface area contributed by atoms with Crippen molar-refractivity contribution >= 4 is 83.3 Å². The van der Waals surface area contributed by atoms with Crippen molar-refractivity contribution in [1.29, 1.82) is 0 Å². The molecule has 61 heavy (non-hydrogen) atoms. The maximum absolute atomic E-state index is 2.60. The third-order valence-corrected chi connectivity index (χ3v) is 13.6. The van der Waals surface area contributed by atoms with Crippen molar-refractivity contribution in [2.45, 2.75) is 25.2 Å². The summed E-state index contributed by atoms with van der Waals surface area (Å²) in [6.07, 6.45) is 4.86. The van der Waals surface area contributed by atoms with Gasteiger partial charge in [-0.1, -0.05) is 172 Å². The highest BCUT2D eigenvalue weighted by Crippen LogP contribution is 2.60. The molecule has 0 bridgehead atoms. The molecule has 0 radical (unpaired) electrons. The summed E-state index contributed by atoms with van der Waals surface area (Å²) in [5.74, 6) is 0.571. The fourth-order valence-corrected chi connectivity index (χ4v) is 10.7. The lowest BCUT2D eigenvalue weighted by molar-refractivity contribution is 0.391. The van der Waals surface area contributed by atoms with E-state index in [1.54, 1.807) is 0 Å². The average molecular weight is 781 g/mol. The third-order valence-electron chi connectivity index (χ3n) is 13.6. The lowest BCUT2D eigenvalue weighted by Gasteiger charge is -2.34. The van der Waals surface area contributed by atoms with Crippen molar-refractivity contribution < 1.29 is 0 Å². The molecule has 0 amide bonds. The van der Waals surface area contributed by atoms with E-state index in [0.717, 1.165) is 22.7 Å². The Morgan fingerprint density at radius 3 is 1.43 bits per heavy atom. The van der Waals surface area contributed by atoms with Gasteiger partial charge in [-0.25, -0.2) is 0 Å². The fraction of sp³-hybridized carbons (Fsp3) is 0.0847. The highest BCUT2D eigenvalue weighted by atomic mass is 15.2. The van der Waals surface area contributed by atoms with Gasteiger partial charge in [0.2, 0.25) is 0 Å². The van der Waals surface area contributed by atoms with Crippen LogP contribution in [0.25, 0.3) is 49.2 Å². The zero-order chi connectivity index (χ0) is 40.7. The van der Waals surface area contributed by atoms with Gasteiger partial charge in [0.05, 0.1) is 11.4 Å². The second kappa shape index (κ2) is 13.8. The van der Waals surface area contributed by atoms with Gasteiger partial charge >= 0.3 is 0 Å². The van der Waals surface area contributed by atoms with E-state index in [1.807, 2.05) is 0 Å².